The molecule has 2 N–H and O–H groups in total. The van der Waals surface area contributed by atoms with Gasteiger partial charge in [0.1, 0.15) is 18.8 Å². The van der Waals surface area contributed by atoms with Gasteiger partial charge < -0.3 is 10.1 Å². The van der Waals surface area contributed by atoms with Crippen LogP contribution >= 0.6 is 0 Å². The Morgan fingerprint density at radius 3 is 2.52 bits per heavy atom. The van der Waals surface area contributed by atoms with E-state index in [2.05, 4.69) is 22.2 Å². The van der Waals surface area contributed by atoms with Crippen LogP contribution in [0.25, 0.3) is 0 Å². The van der Waals surface area contributed by atoms with Crippen molar-refractivity contribution in [1.29, 1.82) is 0 Å². The van der Waals surface area contributed by atoms with Crippen LogP contribution in [0.1, 0.15) is 32.1 Å². The number of carbonyl (C=O) groups is 1. The highest BCUT2D eigenvalue weighted by atomic mass is 19.4. The molecular weight excluding hydrogens is 335 g/mol. The highest BCUT2D eigenvalue weighted by Gasteiger charge is 2.47. The molecule has 1 saturated carbocycles. The summed E-state index contributed by atoms with van der Waals surface area (Å²) in [5.41, 5.74) is 0. The van der Waals surface area contributed by atoms with Crippen LogP contribution < -0.4 is 5.32 Å². The Morgan fingerprint density at radius 1 is 1.24 bits per heavy atom. The fourth-order valence-corrected chi connectivity index (χ4v) is 4.81. The summed E-state index contributed by atoms with van der Waals surface area (Å²) in [5.74, 6) is -1.13. The third-order valence-corrected chi connectivity index (χ3v) is 6.39. The Morgan fingerprint density at radius 2 is 1.92 bits per heavy atom. The van der Waals surface area contributed by atoms with Crippen molar-refractivity contribution in [2.75, 3.05) is 33.9 Å². The molecule has 2 saturated heterocycles. The number of piperidine rings is 1. The second kappa shape index (κ2) is 7.40. The number of carbonyl (C=O) groups excluding carboxylic acids is 1. The predicted octanol–water partition coefficient (Wildman–Crippen LogP) is 0.806. The number of esters is 1. The smallest absolute Gasteiger partial charge is 0.391 e. The molecule has 2 aliphatic heterocycles. The first kappa shape index (κ1) is 18.9. The number of halogens is 3. The Kier molecular flexibility index (Phi) is 5.60. The van der Waals surface area contributed by atoms with Crippen LogP contribution in [0.4, 0.5) is 13.2 Å². The van der Waals surface area contributed by atoms with E-state index in [0.717, 1.165) is 19.6 Å². The van der Waals surface area contributed by atoms with E-state index < -0.39 is 12.1 Å². The van der Waals surface area contributed by atoms with E-state index in [4.69, 9.17) is 4.74 Å². The molecule has 0 amide bonds. The minimum Gasteiger partial charge on any atom is -0.468 e. The van der Waals surface area contributed by atoms with Gasteiger partial charge in [0.2, 0.25) is 0 Å². The standard InChI is InChI=1S/C17H28F3N3O2/c1-22-10-21-13-7-14(16(24)25-2)23(9-15(13)22)8-11-3-5-12(6-4-11)17(18,19)20/h11-15,21H,3-10H2,1-2H3/p+1. The molecule has 144 valence electrons. The zero-order valence-corrected chi connectivity index (χ0v) is 15.0. The average molecular weight is 364 g/mol. The van der Waals surface area contributed by atoms with Gasteiger partial charge in [0.15, 0.2) is 0 Å². The van der Waals surface area contributed by atoms with Crippen molar-refractivity contribution in [3.05, 3.63) is 0 Å². The lowest BCUT2D eigenvalue weighted by atomic mass is 9.80. The van der Waals surface area contributed by atoms with Crippen LogP contribution in [0.3, 0.4) is 0 Å². The number of alkyl halides is 3. The fourth-order valence-electron chi connectivity index (χ4n) is 4.81. The zero-order chi connectivity index (χ0) is 18.2. The van der Waals surface area contributed by atoms with Crippen molar-refractivity contribution in [2.24, 2.45) is 11.8 Å². The number of hydrogen-bond acceptors (Lipinski definition) is 4. The molecule has 0 aromatic carbocycles. The Bertz CT molecular complexity index is 480. The quantitative estimate of drug-likeness (QED) is 0.753. The summed E-state index contributed by atoms with van der Waals surface area (Å²) in [4.78, 5) is 16.7. The van der Waals surface area contributed by atoms with Gasteiger partial charge in [0.05, 0.1) is 19.1 Å². The van der Waals surface area contributed by atoms with Crippen LogP contribution in [0, 0.1) is 11.8 Å². The molecule has 3 unspecified atom stereocenters. The van der Waals surface area contributed by atoms with Crippen LogP contribution in [-0.2, 0) is 9.53 Å². The fraction of sp³-hybridized carbons (Fsp3) is 0.941. The van der Waals surface area contributed by atoms with Crippen molar-refractivity contribution >= 4 is 5.97 Å². The first-order chi connectivity index (χ1) is 11.8. The molecule has 2 heterocycles. The molecule has 3 aliphatic rings. The summed E-state index contributed by atoms with van der Waals surface area (Å²) in [6, 6.07) is 0.521. The number of nitrogens with zero attached hydrogens (tertiary/aromatic N) is 2. The predicted molar refractivity (Wildman–Crippen MR) is 85.6 cm³/mol. The first-order valence-electron chi connectivity index (χ1n) is 9.21. The molecule has 1 aliphatic carbocycles. The number of likely N-dealkylation sites (tertiary alicyclic amines) is 1. The zero-order valence-electron chi connectivity index (χ0n) is 15.0. The third-order valence-electron chi connectivity index (χ3n) is 6.39. The largest absolute Gasteiger partial charge is 0.468 e. The van der Waals surface area contributed by atoms with Crippen LogP contribution in [0.2, 0.25) is 0 Å². The van der Waals surface area contributed by atoms with E-state index in [1.54, 1.807) is 0 Å². The van der Waals surface area contributed by atoms with Crippen molar-refractivity contribution in [3.8, 4) is 0 Å². The van der Waals surface area contributed by atoms with Crippen LogP contribution in [0.5, 0.6) is 0 Å². The number of fused-ring (bicyclic) bond motifs is 1. The summed E-state index contributed by atoms with van der Waals surface area (Å²) in [6.07, 6.45) is -1.72. The number of rotatable bonds is 3. The molecule has 3 fully saturated rings. The SMILES string of the molecule is COC(=O)C1CC2[NH2+]CN(C)C2CN1CC1CCC(C(F)(F)F)CC1. The van der Waals surface area contributed by atoms with Gasteiger partial charge in [0.25, 0.3) is 0 Å². The average Bonchev–Trinajstić information content (AvgIpc) is 2.93. The van der Waals surface area contributed by atoms with Crippen LogP contribution in [-0.4, -0.2) is 74.0 Å². The van der Waals surface area contributed by atoms with Crippen LogP contribution in [0.15, 0.2) is 0 Å². The third kappa shape index (κ3) is 4.11. The molecular formula is C17H29F3N3O2+. The maximum Gasteiger partial charge on any atom is 0.391 e. The monoisotopic (exact) mass is 364 g/mol. The molecule has 0 aromatic heterocycles. The number of hydrogen-bond donors (Lipinski definition) is 1. The van der Waals surface area contributed by atoms with E-state index >= 15 is 0 Å². The normalized spacial score (nSPS) is 37.7. The summed E-state index contributed by atoms with van der Waals surface area (Å²) in [7, 11) is 3.50. The van der Waals surface area contributed by atoms with E-state index in [1.165, 1.54) is 7.11 Å². The summed E-state index contributed by atoms with van der Waals surface area (Å²) < 4.78 is 43.5. The second-order valence-corrected chi connectivity index (χ2v) is 7.89. The van der Waals surface area contributed by atoms with Gasteiger partial charge in [-0.05, 0) is 38.6 Å². The Hall–Kier alpha value is -0.860. The molecule has 0 aromatic rings. The van der Waals surface area contributed by atoms with Crippen molar-refractivity contribution in [2.45, 2.75) is 56.4 Å². The first-order valence-corrected chi connectivity index (χ1v) is 9.21. The number of methoxy groups -OCH3 is 1. The minimum absolute atomic E-state index is 0.213. The Balaban J connectivity index is 1.61. The van der Waals surface area contributed by atoms with E-state index in [0.29, 0.717) is 31.5 Å². The van der Waals surface area contributed by atoms with E-state index in [1.807, 2.05) is 0 Å². The summed E-state index contributed by atoms with van der Waals surface area (Å²) >= 11 is 0. The number of likely N-dealkylation sites (N-methyl/N-ethyl adjacent to an activating group) is 1. The van der Waals surface area contributed by atoms with Gasteiger partial charge in [-0.3, -0.25) is 9.69 Å². The molecule has 0 radical (unpaired) electrons. The number of ether oxygens (including phenoxy) is 1. The van der Waals surface area contributed by atoms with Gasteiger partial charge in [0, 0.05) is 19.5 Å². The summed E-state index contributed by atoms with van der Waals surface area (Å²) in [5, 5.41) is 2.27. The molecule has 3 atom stereocenters. The number of nitrogens with two attached hydrogens (primary N) is 1. The lowest BCUT2D eigenvalue weighted by Gasteiger charge is -2.42. The molecule has 8 heteroatoms. The Labute approximate surface area is 146 Å². The maximum atomic E-state index is 12.9. The van der Waals surface area contributed by atoms with Crippen molar-refractivity contribution < 1.29 is 28.0 Å². The highest BCUT2D eigenvalue weighted by Crippen LogP contribution is 2.40. The molecule has 5 nitrogen and oxygen atoms in total. The molecule has 0 spiro atoms. The van der Waals surface area contributed by atoms with Crippen molar-refractivity contribution in [3.63, 3.8) is 0 Å². The minimum atomic E-state index is -4.07. The van der Waals surface area contributed by atoms with Gasteiger partial charge in [-0.25, -0.2) is 4.90 Å². The van der Waals surface area contributed by atoms with Crippen molar-refractivity contribution in [1.82, 2.24) is 9.80 Å². The second-order valence-electron chi connectivity index (χ2n) is 7.89. The molecule has 0 bridgehead atoms. The number of quaternary nitrogens is 1. The molecule has 25 heavy (non-hydrogen) atoms. The lowest BCUT2D eigenvalue weighted by molar-refractivity contribution is -0.678. The van der Waals surface area contributed by atoms with Gasteiger partial charge in [-0.1, -0.05) is 0 Å². The molecule has 3 rings (SSSR count). The van der Waals surface area contributed by atoms with E-state index in [-0.39, 0.29) is 30.8 Å². The van der Waals surface area contributed by atoms with Gasteiger partial charge in [-0.2, -0.15) is 13.2 Å². The lowest BCUT2D eigenvalue weighted by Crippen LogP contribution is -2.89. The van der Waals surface area contributed by atoms with Gasteiger partial charge in [-0.15, -0.1) is 0 Å². The van der Waals surface area contributed by atoms with E-state index in [9.17, 15) is 18.0 Å². The highest BCUT2D eigenvalue weighted by molar-refractivity contribution is 5.75. The summed E-state index contributed by atoms with van der Waals surface area (Å²) in [6.45, 7) is 2.41. The maximum absolute atomic E-state index is 12.9. The topological polar surface area (TPSA) is 49.4 Å². The van der Waals surface area contributed by atoms with Gasteiger partial charge >= 0.3 is 12.1 Å².